The summed E-state index contributed by atoms with van der Waals surface area (Å²) in [6.07, 6.45) is 44.8. The van der Waals surface area contributed by atoms with E-state index in [9.17, 15) is 9.59 Å². The Kier molecular flexibility index (Phi) is 32.5. The molecule has 336 valence electrons. The largest absolute Gasteiger partial charge is 0.379 e. The van der Waals surface area contributed by atoms with Gasteiger partial charge in [0.05, 0.1) is 38.4 Å². The zero-order valence-corrected chi connectivity index (χ0v) is 39.0. The molecular weight excluding hydrogens is 717 g/mol. The van der Waals surface area contributed by atoms with Crippen molar-refractivity contribution in [1.82, 2.24) is 4.90 Å². The number of fused-ring (bicyclic) bond motifs is 1. The molecule has 0 bridgehead atoms. The maximum atomic E-state index is 12.9. The first-order chi connectivity index (χ1) is 28.4. The summed E-state index contributed by atoms with van der Waals surface area (Å²) in [4.78, 5) is 27.2. The average Bonchev–Trinajstić information content (AvgIpc) is 3.46. The van der Waals surface area contributed by atoms with Crippen LogP contribution < -0.4 is 0 Å². The summed E-state index contributed by atoms with van der Waals surface area (Å²) in [5.41, 5.74) is 1.07. The molecule has 1 aliphatic rings. The molecule has 0 fully saturated rings. The predicted octanol–water partition coefficient (Wildman–Crippen LogP) is 14.7. The maximum Gasteiger partial charge on any atom is 0.261 e. The summed E-state index contributed by atoms with van der Waals surface area (Å²) < 4.78 is 13.6. The molecule has 1 unspecified atom stereocenters. The molecule has 0 radical (unpaired) electrons. The van der Waals surface area contributed by atoms with E-state index in [1.165, 1.54) is 198 Å². The molecule has 0 aliphatic carbocycles. The number of carbonyl (C=O) groups excluding carboxylic acids is 2. The van der Waals surface area contributed by atoms with E-state index in [2.05, 4.69) is 27.9 Å². The summed E-state index contributed by atoms with van der Waals surface area (Å²) in [5, 5.41) is 0. The fraction of sp³-hybridized carbons (Fsp3) is 0.846. The first kappa shape index (κ1) is 52.4. The fourth-order valence-electron chi connectivity index (χ4n) is 8.76. The third kappa shape index (κ3) is 26.5. The van der Waals surface area contributed by atoms with E-state index in [1.807, 2.05) is 12.1 Å². The molecule has 1 heterocycles. The summed E-state index contributed by atoms with van der Waals surface area (Å²) in [5.74, 6) is -0.318. The highest BCUT2D eigenvalue weighted by atomic mass is 16.5. The lowest BCUT2D eigenvalue weighted by Crippen LogP contribution is -2.49. The number of rotatable bonds is 43. The Labute approximate surface area is 359 Å². The average molecular weight is 812 g/mol. The lowest BCUT2D eigenvalue weighted by molar-refractivity contribution is -0.893. The molecule has 6 heteroatoms. The van der Waals surface area contributed by atoms with E-state index < -0.39 is 0 Å². The van der Waals surface area contributed by atoms with Crippen molar-refractivity contribution in [3.8, 4) is 0 Å². The van der Waals surface area contributed by atoms with E-state index in [1.54, 1.807) is 12.1 Å². The summed E-state index contributed by atoms with van der Waals surface area (Å²) in [6.45, 7) is 9.01. The molecular formula is C52H95N2O4+. The lowest BCUT2D eigenvalue weighted by atomic mass is 10.0. The van der Waals surface area contributed by atoms with Crippen LogP contribution >= 0.6 is 0 Å². The van der Waals surface area contributed by atoms with Crippen LogP contribution in [0.3, 0.4) is 0 Å². The van der Waals surface area contributed by atoms with Crippen LogP contribution in [0.1, 0.15) is 246 Å². The Morgan fingerprint density at radius 2 is 0.828 bits per heavy atom. The van der Waals surface area contributed by atoms with Gasteiger partial charge in [-0.05, 0) is 25.0 Å². The smallest absolute Gasteiger partial charge is 0.261 e. The van der Waals surface area contributed by atoms with Crippen molar-refractivity contribution < 1.29 is 23.5 Å². The van der Waals surface area contributed by atoms with Gasteiger partial charge in [0.25, 0.3) is 11.8 Å². The number of nitrogens with zero attached hydrogens (tertiary/aromatic N) is 2. The Balaban J connectivity index is 1.59. The Bertz CT molecular complexity index is 1090. The molecule has 1 aromatic rings. The minimum Gasteiger partial charge on any atom is -0.379 e. The van der Waals surface area contributed by atoms with E-state index in [0.717, 1.165) is 50.0 Å². The Hall–Kier alpha value is -1.76. The normalized spacial score (nSPS) is 13.6. The van der Waals surface area contributed by atoms with Crippen LogP contribution in [-0.2, 0) is 9.47 Å². The Morgan fingerprint density at radius 1 is 0.483 bits per heavy atom. The number of amides is 2. The van der Waals surface area contributed by atoms with Gasteiger partial charge in [0.15, 0.2) is 0 Å². The van der Waals surface area contributed by atoms with Crippen molar-refractivity contribution in [2.75, 3.05) is 53.6 Å². The molecule has 0 aromatic heterocycles. The summed E-state index contributed by atoms with van der Waals surface area (Å²) in [7, 11) is 4.48. The number of quaternary nitrogens is 1. The van der Waals surface area contributed by atoms with Gasteiger partial charge in [-0.1, -0.05) is 219 Å². The molecule has 6 nitrogen and oxygen atoms in total. The van der Waals surface area contributed by atoms with E-state index in [-0.39, 0.29) is 17.9 Å². The second-order valence-electron chi connectivity index (χ2n) is 18.7. The molecule has 0 spiro atoms. The first-order valence-electron chi connectivity index (χ1n) is 25.4. The predicted molar refractivity (Wildman–Crippen MR) is 248 cm³/mol. The molecule has 1 atom stereocenters. The van der Waals surface area contributed by atoms with Gasteiger partial charge in [-0.2, -0.15) is 0 Å². The number of imide groups is 1. The summed E-state index contributed by atoms with van der Waals surface area (Å²) >= 11 is 0. The van der Waals surface area contributed by atoms with Gasteiger partial charge in [0, 0.05) is 26.2 Å². The van der Waals surface area contributed by atoms with Crippen LogP contribution in [0.15, 0.2) is 24.3 Å². The van der Waals surface area contributed by atoms with Crippen molar-refractivity contribution >= 4 is 11.8 Å². The van der Waals surface area contributed by atoms with E-state index in [4.69, 9.17) is 9.47 Å². The van der Waals surface area contributed by atoms with Crippen molar-refractivity contribution in [1.29, 1.82) is 0 Å². The highest BCUT2D eigenvalue weighted by Gasteiger charge is 2.35. The summed E-state index contributed by atoms with van der Waals surface area (Å²) in [6, 6.07) is 7.18. The van der Waals surface area contributed by atoms with Crippen molar-refractivity contribution in [3.05, 3.63) is 35.4 Å². The van der Waals surface area contributed by atoms with Gasteiger partial charge < -0.3 is 14.0 Å². The fourth-order valence-corrected chi connectivity index (χ4v) is 8.76. The molecule has 0 N–H and O–H groups in total. The van der Waals surface area contributed by atoms with Crippen LogP contribution in [0.5, 0.6) is 0 Å². The maximum absolute atomic E-state index is 12.9. The van der Waals surface area contributed by atoms with Crippen LogP contribution in [0.25, 0.3) is 0 Å². The molecule has 0 saturated heterocycles. The van der Waals surface area contributed by atoms with Crippen molar-refractivity contribution in [2.24, 2.45) is 0 Å². The quantitative estimate of drug-likeness (QED) is 0.0374. The molecule has 2 rings (SSSR count). The standard InChI is InChI=1S/C52H95N2O4/c1-5-7-9-11-13-15-17-19-21-23-25-27-29-31-33-37-44-57-47-48(58-45-38-34-32-30-28-26-24-22-20-18-16-14-12-10-8-6-2)46-54(3,4)43-39-42-53-51(55)49-40-35-36-41-50(49)52(53)56/h35-36,40-41,48H,5-34,37-39,42-47H2,1-4H3/q+1. The Morgan fingerprint density at radius 3 is 1.21 bits per heavy atom. The molecule has 1 aromatic carbocycles. The van der Waals surface area contributed by atoms with Gasteiger partial charge in [-0.3, -0.25) is 14.5 Å². The minimum atomic E-state index is -0.159. The third-order valence-electron chi connectivity index (χ3n) is 12.5. The molecule has 58 heavy (non-hydrogen) atoms. The van der Waals surface area contributed by atoms with Gasteiger partial charge in [-0.25, -0.2) is 0 Å². The third-order valence-corrected chi connectivity index (χ3v) is 12.5. The van der Waals surface area contributed by atoms with Gasteiger partial charge >= 0.3 is 0 Å². The number of ether oxygens (including phenoxy) is 2. The zero-order chi connectivity index (χ0) is 41.8. The molecule has 2 amide bonds. The molecule has 1 aliphatic heterocycles. The second-order valence-corrected chi connectivity index (χ2v) is 18.7. The van der Waals surface area contributed by atoms with Crippen LogP contribution in [0, 0.1) is 0 Å². The first-order valence-corrected chi connectivity index (χ1v) is 25.4. The van der Waals surface area contributed by atoms with Crippen molar-refractivity contribution in [2.45, 2.75) is 232 Å². The highest BCUT2D eigenvalue weighted by Crippen LogP contribution is 2.23. The molecule has 0 saturated carbocycles. The second kappa shape index (κ2) is 35.9. The van der Waals surface area contributed by atoms with Gasteiger partial charge in [0.1, 0.15) is 12.6 Å². The van der Waals surface area contributed by atoms with Crippen LogP contribution in [-0.4, -0.2) is 80.9 Å². The number of hydrogen-bond acceptors (Lipinski definition) is 4. The van der Waals surface area contributed by atoms with Crippen LogP contribution in [0.2, 0.25) is 0 Å². The van der Waals surface area contributed by atoms with Gasteiger partial charge in [-0.15, -0.1) is 0 Å². The number of carbonyl (C=O) groups is 2. The lowest BCUT2D eigenvalue weighted by Gasteiger charge is -2.34. The van der Waals surface area contributed by atoms with Gasteiger partial charge in [0.2, 0.25) is 0 Å². The number of unbranched alkanes of at least 4 members (excludes halogenated alkanes) is 30. The minimum absolute atomic E-state index is 0.0479. The zero-order valence-electron chi connectivity index (χ0n) is 39.0. The number of likely N-dealkylation sites (N-methyl/N-ethyl adjacent to an activating group) is 1. The van der Waals surface area contributed by atoms with E-state index >= 15 is 0 Å². The monoisotopic (exact) mass is 812 g/mol. The van der Waals surface area contributed by atoms with Crippen molar-refractivity contribution in [3.63, 3.8) is 0 Å². The highest BCUT2D eigenvalue weighted by molar-refractivity contribution is 6.21. The topological polar surface area (TPSA) is 55.8 Å². The SMILES string of the molecule is CCCCCCCCCCCCCCCCCCOCC(C[N+](C)(C)CCCN1C(=O)c2ccccc2C1=O)OCCCCCCCCCCCCCCCCCC. The van der Waals surface area contributed by atoms with E-state index in [0.29, 0.717) is 24.3 Å². The number of benzene rings is 1. The van der Waals surface area contributed by atoms with Crippen LogP contribution in [0.4, 0.5) is 0 Å². The number of hydrogen-bond donors (Lipinski definition) is 0.